The molecule has 0 amide bonds. The first-order valence-corrected chi connectivity index (χ1v) is 14.1. The molecule has 5 aromatic rings. The fraction of sp³-hybridized carbons (Fsp3) is 0.303. The number of aryl methyl sites for hydroxylation is 1. The molecule has 0 unspecified atom stereocenters. The van der Waals surface area contributed by atoms with Gasteiger partial charge in [-0.15, -0.1) is 0 Å². The number of imidazole rings is 1. The summed E-state index contributed by atoms with van der Waals surface area (Å²) in [4.78, 5) is 13.7. The molecule has 216 valence electrons. The maximum Gasteiger partial charge on any atom is 0.214 e. The monoisotopic (exact) mass is 570 g/mol. The third-order valence-electron chi connectivity index (χ3n) is 8.16. The van der Waals surface area contributed by atoms with Crippen molar-refractivity contribution in [2.75, 3.05) is 0 Å². The molecule has 0 saturated heterocycles. The predicted octanol–water partition coefficient (Wildman–Crippen LogP) is 6.42. The Morgan fingerprint density at radius 1 is 0.929 bits per heavy atom. The maximum atomic E-state index is 15.5. The first-order valence-electron chi connectivity index (χ1n) is 14.1. The Morgan fingerprint density at radius 3 is 2.43 bits per heavy atom. The summed E-state index contributed by atoms with van der Waals surface area (Å²) in [5.74, 6) is 0.263. The van der Waals surface area contributed by atoms with E-state index in [1.807, 2.05) is 23.6 Å². The summed E-state index contributed by atoms with van der Waals surface area (Å²) < 4.78 is 37.5. The van der Waals surface area contributed by atoms with Gasteiger partial charge in [0.15, 0.2) is 11.9 Å². The Hall–Kier alpha value is -4.21. The van der Waals surface area contributed by atoms with E-state index < -0.39 is 12.1 Å². The van der Waals surface area contributed by atoms with Crippen LogP contribution in [0.5, 0.6) is 5.88 Å². The molecule has 1 aliphatic carbocycles. The van der Waals surface area contributed by atoms with Crippen LogP contribution in [0.15, 0.2) is 66.7 Å². The van der Waals surface area contributed by atoms with Crippen molar-refractivity contribution in [1.29, 1.82) is 0 Å². The summed E-state index contributed by atoms with van der Waals surface area (Å²) >= 11 is 0. The van der Waals surface area contributed by atoms with E-state index in [0.29, 0.717) is 51.8 Å². The Bertz CT molecular complexity index is 1760. The quantitative estimate of drug-likeness (QED) is 0.188. The Labute approximate surface area is 242 Å². The van der Waals surface area contributed by atoms with Gasteiger partial charge >= 0.3 is 0 Å². The normalized spacial score (nSPS) is 14.1. The van der Waals surface area contributed by atoms with Crippen molar-refractivity contribution in [3.05, 3.63) is 107 Å². The summed E-state index contributed by atoms with van der Waals surface area (Å²) in [7, 11) is 0. The standard InChI is InChI=1S/C33H32F2N4O3/c1-3-33(13-14-33)19-39-29(36-27-11-12-28(32(40)41)38-31(27)39)17-21-9-10-22(16-25(21)35)26-5-4-6-30(37-26)42-18-23-8-7-20(2)15-24(23)34/h4-12,15-16,32,40-41H,3,13-14,17-19H2,1-2H3. The number of pyridine rings is 2. The lowest BCUT2D eigenvalue weighted by Gasteiger charge is -2.17. The van der Waals surface area contributed by atoms with Gasteiger partial charge in [-0.2, -0.15) is 0 Å². The smallest absolute Gasteiger partial charge is 0.214 e. The van der Waals surface area contributed by atoms with Crippen LogP contribution in [-0.4, -0.2) is 29.7 Å². The second kappa shape index (κ2) is 11.2. The molecule has 1 fully saturated rings. The van der Waals surface area contributed by atoms with E-state index in [2.05, 4.69) is 16.9 Å². The van der Waals surface area contributed by atoms with Crippen molar-refractivity contribution >= 4 is 11.2 Å². The Balaban J connectivity index is 1.25. The second-order valence-electron chi connectivity index (χ2n) is 11.1. The van der Waals surface area contributed by atoms with Gasteiger partial charge in [0.1, 0.15) is 29.6 Å². The van der Waals surface area contributed by atoms with Crippen molar-refractivity contribution in [3.63, 3.8) is 0 Å². The van der Waals surface area contributed by atoms with Gasteiger partial charge in [-0.05, 0) is 73.1 Å². The van der Waals surface area contributed by atoms with Crippen molar-refractivity contribution in [1.82, 2.24) is 19.5 Å². The maximum absolute atomic E-state index is 15.5. The number of hydrogen-bond donors (Lipinski definition) is 2. The minimum Gasteiger partial charge on any atom is -0.473 e. The molecule has 2 aromatic carbocycles. The number of fused-ring (bicyclic) bond motifs is 1. The number of nitrogens with zero attached hydrogens (tertiary/aromatic N) is 4. The van der Waals surface area contributed by atoms with E-state index in [-0.39, 0.29) is 30.0 Å². The molecule has 3 aromatic heterocycles. The van der Waals surface area contributed by atoms with Crippen LogP contribution in [0.25, 0.3) is 22.4 Å². The molecule has 0 atom stereocenters. The van der Waals surface area contributed by atoms with E-state index in [0.717, 1.165) is 24.8 Å². The predicted molar refractivity (Wildman–Crippen MR) is 155 cm³/mol. The molecule has 6 rings (SSSR count). The summed E-state index contributed by atoms with van der Waals surface area (Å²) in [6, 6.07) is 18.4. The third-order valence-corrected chi connectivity index (χ3v) is 8.16. The van der Waals surface area contributed by atoms with Gasteiger partial charge in [-0.3, -0.25) is 0 Å². The van der Waals surface area contributed by atoms with Crippen LogP contribution in [0.2, 0.25) is 0 Å². The van der Waals surface area contributed by atoms with Crippen molar-refractivity contribution in [2.45, 2.75) is 59.0 Å². The number of benzene rings is 2. The number of ether oxygens (including phenoxy) is 1. The van der Waals surface area contributed by atoms with Gasteiger partial charge < -0.3 is 19.5 Å². The Kier molecular flexibility index (Phi) is 7.47. The summed E-state index contributed by atoms with van der Waals surface area (Å²) in [5, 5.41) is 19.3. The van der Waals surface area contributed by atoms with E-state index in [4.69, 9.17) is 9.72 Å². The molecule has 1 aliphatic rings. The van der Waals surface area contributed by atoms with E-state index in [1.54, 1.807) is 42.5 Å². The van der Waals surface area contributed by atoms with Crippen LogP contribution in [0.4, 0.5) is 8.78 Å². The summed E-state index contributed by atoms with van der Waals surface area (Å²) in [6.45, 7) is 4.71. The van der Waals surface area contributed by atoms with Crippen LogP contribution in [0.1, 0.15) is 60.7 Å². The zero-order valence-electron chi connectivity index (χ0n) is 23.5. The highest BCUT2D eigenvalue weighted by molar-refractivity contribution is 5.72. The average Bonchev–Trinajstić information content (AvgIpc) is 3.68. The number of aliphatic hydroxyl groups excluding tert-OH is 1. The molecular formula is C33H32F2N4O3. The number of halogens is 2. The molecular weight excluding hydrogens is 538 g/mol. The van der Waals surface area contributed by atoms with Gasteiger partial charge in [-0.25, -0.2) is 23.7 Å². The van der Waals surface area contributed by atoms with Crippen LogP contribution >= 0.6 is 0 Å². The lowest BCUT2D eigenvalue weighted by molar-refractivity contribution is -0.0456. The van der Waals surface area contributed by atoms with E-state index in [9.17, 15) is 14.6 Å². The highest BCUT2D eigenvalue weighted by atomic mass is 19.1. The minimum absolute atomic E-state index is 0.0315. The topological polar surface area (TPSA) is 93.3 Å². The zero-order chi connectivity index (χ0) is 29.4. The first-order chi connectivity index (χ1) is 20.2. The molecule has 9 heteroatoms. The SMILES string of the molecule is CCC1(Cn2c(Cc3ccc(-c4cccc(OCc5ccc(C)cc5F)n4)cc3F)nc3ccc(C(O)O)nc32)CC1. The molecule has 42 heavy (non-hydrogen) atoms. The van der Waals surface area contributed by atoms with Gasteiger partial charge in [0.25, 0.3) is 0 Å². The van der Waals surface area contributed by atoms with Gasteiger partial charge in [0.05, 0.1) is 11.4 Å². The zero-order valence-corrected chi connectivity index (χ0v) is 23.5. The fourth-order valence-electron chi connectivity index (χ4n) is 5.24. The largest absolute Gasteiger partial charge is 0.473 e. The highest BCUT2D eigenvalue weighted by Gasteiger charge is 2.41. The highest BCUT2D eigenvalue weighted by Crippen LogP contribution is 2.50. The Morgan fingerprint density at radius 2 is 1.71 bits per heavy atom. The first kappa shape index (κ1) is 27.9. The van der Waals surface area contributed by atoms with Crippen molar-refractivity contribution in [3.8, 4) is 17.1 Å². The number of aromatic nitrogens is 4. The lowest BCUT2D eigenvalue weighted by Crippen LogP contribution is -2.15. The van der Waals surface area contributed by atoms with Gasteiger partial charge in [0, 0.05) is 30.2 Å². The fourth-order valence-corrected chi connectivity index (χ4v) is 5.24. The number of rotatable bonds is 10. The van der Waals surface area contributed by atoms with Crippen LogP contribution in [0, 0.1) is 24.0 Å². The molecule has 0 aliphatic heterocycles. The molecule has 1 saturated carbocycles. The lowest BCUT2D eigenvalue weighted by atomic mass is 10.0. The molecule has 7 nitrogen and oxygen atoms in total. The number of hydrogen-bond acceptors (Lipinski definition) is 6. The third kappa shape index (κ3) is 5.75. The van der Waals surface area contributed by atoms with Gasteiger partial charge in [-0.1, -0.05) is 37.3 Å². The molecule has 0 spiro atoms. The van der Waals surface area contributed by atoms with Crippen LogP contribution in [0.3, 0.4) is 0 Å². The average molecular weight is 571 g/mol. The molecule has 0 radical (unpaired) electrons. The molecule has 3 heterocycles. The van der Waals surface area contributed by atoms with Crippen LogP contribution in [-0.2, 0) is 19.6 Å². The van der Waals surface area contributed by atoms with Crippen molar-refractivity contribution in [2.24, 2.45) is 5.41 Å². The number of aliphatic hydroxyl groups is 2. The molecule has 2 N–H and O–H groups in total. The summed E-state index contributed by atoms with van der Waals surface area (Å²) in [6.07, 6.45) is 1.77. The van der Waals surface area contributed by atoms with Crippen molar-refractivity contribution < 1.29 is 23.7 Å². The van der Waals surface area contributed by atoms with E-state index >= 15 is 4.39 Å². The molecule has 0 bridgehead atoms. The van der Waals surface area contributed by atoms with Gasteiger partial charge in [0.2, 0.25) is 5.88 Å². The van der Waals surface area contributed by atoms with Crippen LogP contribution < -0.4 is 4.74 Å². The minimum atomic E-state index is -1.69. The van der Waals surface area contributed by atoms with E-state index in [1.165, 1.54) is 12.1 Å². The second-order valence-corrected chi connectivity index (χ2v) is 11.1. The summed E-state index contributed by atoms with van der Waals surface area (Å²) in [5.41, 5.74) is 4.36.